The lowest BCUT2D eigenvalue weighted by Gasteiger charge is -2.37. The second-order valence-corrected chi connectivity index (χ2v) is 4.61. The summed E-state index contributed by atoms with van der Waals surface area (Å²) in [6.45, 7) is 6.45. The van der Waals surface area contributed by atoms with E-state index < -0.39 is 5.97 Å². The first-order valence-corrected chi connectivity index (χ1v) is 5.73. The molecule has 3 N–H and O–H groups in total. The van der Waals surface area contributed by atoms with Crippen LogP contribution in [0.1, 0.15) is 26.7 Å². The molecule has 0 aromatic heterocycles. The number of piperidine rings is 1. The Morgan fingerprint density at radius 3 is 2.80 bits per heavy atom. The second kappa shape index (κ2) is 5.47. The Bertz CT molecular complexity index is 221. The lowest BCUT2D eigenvalue weighted by molar-refractivity contribution is -0.143. The monoisotopic (exact) mass is 214 g/mol. The van der Waals surface area contributed by atoms with Gasteiger partial charge in [-0.2, -0.15) is 0 Å². The highest BCUT2D eigenvalue weighted by Gasteiger charge is 2.28. The summed E-state index contributed by atoms with van der Waals surface area (Å²) in [4.78, 5) is 13.1. The molecule has 1 aliphatic rings. The fourth-order valence-corrected chi connectivity index (χ4v) is 2.18. The van der Waals surface area contributed by atoms with Gasteiger partial charge in [0.15, 0.2) is 0 Å². The summed E-state index contributed by atoms with van der Waals surface area (Å²) in [5, 5.41) is 8.95. The molecule has 1 rings (SSSR count). The number of likely N-dealkylation sites (tertiary alicyclic amines) is 1. The largest absolute Gasteiger partial charge is 0.481 e. The molecule has 1 heterocycles. The third kappa shape index (κ3) is 3.18. The fraction of sp³-hybridized carbons (Fsp3) is 0.909. The normalized spacial score (nSPS) is 27.3. The first kappa shape index (κ1) is 12.5. The number of nitrogens with two attached hydrogens (primary N) is 1. The van der Waals surface area contributed by atoms with Crippen molar-refractivity contribution in [3.8, 4) is 0 Å². The summed E-state index contributed by atoms with van der Waals surface area (Å²) in [7, 11) is 0. The number of rotatable bonds is 4. The first-order chi connectivity index (χ1) is 7.06. The molecule has 1 saturated heterocycles. The van der Waals surface area contributed by atoms with Gasteiger partial charge in [0.05, 0.1) is 5.92 Å². The van der Waals surface area contributed by atoms with Crippen LogP contribution in [-0.4, -0.2) is 41.7 Å². The number of carboxylic acids is 1. The predicted octanol–water partition coefficient (Wildman–Crippen LogP) is 0.766. The van der Waals surface area contributed by atoms with E-state index in [2.05, 4.69) is 4.90 Å². The molecule has 0 radical (unpaired) electrons. The van der Waals surface area contributed by atoms with Crippen LogP contribution >= 0.6 is 0 Å². The Morgan fingerprint density at radius 2 is 2.27 bits per heavy atom. The Hall–Kier alpha value is -0.610. The highest BCUT2D eigenvalue weighted by atomic mass is 16.4. The van der Waals surface area contributed by atoms with Crippen LogP contribution in [0.25, 0.3) is 0 Å². The van der Waals surface area contributed by atoms with E-state index in [0.717, 1.165) is 19.5 Å². The first-order valence-electron chi connectivity index (χ1n) is 5.73. The number of aliphatic carboxylic acids is 1. The van der Waals surface area contributed by atoms with E-state index in [4.69, 9.17) is 10.8 Å². The standard InChI is InChI=1S/C11H22N2O2/c1-8(11(14)15)9(2)13-5-3-4-10(6-12)7-13/h8-10H,3-7,12H2,1-2H3,(H,14,15). The topological polar surface area (TPSA) is 66.6 Å². The molecule has 3 atom stereocenters. The molecule has 4 heteroatoms. The molecule has 0 aromatic rings. The number of hydrogen-bond donors (Lipinski definition) is 2. The van der Waals surface area contributed by atoms with E-state index in [9.17, 15) is 4.79 Å². The molecule has 0 amide bonds. The van der Waals surface area contributed by atoms with Gasteiger partial charge in [-0.15, -0.1) is 0 Å². The van der Waals surface area contributed by atoms with Crippen LogP contribution in [0, 0.1) is 11.8 Å². The van der Waals surface area contributed by atoms with Crippen molar-refractivity contribution < 1.29 is 9.90 Å². The molecule has 1 fully saturated rings. The number of carbonyl (C=O) groups is 1. The van der Waals surface area contributed by atoms with Crippen LogP contribution in [0.3, 0.4) is 0 Å². The third-order valence-electron chi connectivity index (χ3n) is 3.57. The summed E-state index contributed by atoms with van der Waals surface area (Å²) >= 11 is 0. The average Bonchev–Trinajstić information content (AvgIpc) is 2.27. The lowest BCUT2D eigenvalue weighted by atomic mass is 9.94. The van der Waals surface area contributed by atoms with Gasteiger partial charge in [-0.1, -0.05) is 6.92 Å². The molecule has 0 aliphatic carbocycles. The molecule has 1 aliphatic heterocycles. The minimum absolute atomic E-state index is 0.108. The SMILES string of the molecule is CC(C(=O)O)C(C)N1CCCC(CN)C1. The van der Waals surface area contributed by atoms with Gasteiger partial charge in [-0.3, -0.25) is 9.69 Å². The summed E-state index contributed by atoms with van der Waals surface area (Å²) in [5.74, 6) is -0.471. The number of nitrogens with zero attached hydrogens (tertiary/aromatic N) is 1. The van der Waals surface area contributed by atoms with Crippen molar-refractivity contribution in [2.75, 3.05) is 19.6 Å². The maximum atomic E-state index is 10.9. The van der Waals surface area contributed by atoms with Gasteiger partial charge in [0.25, 0.3) is 0 Å². The summed E-state index contributed by atoms with van der Waals surface area (Å²) in [6, 6.07) is 0.108. The molecule has 0 saturated carbocycles. The summed E-state index contributed by atoms with van der Waals surface area (Å²) in [5.41, 5.74) is 5.66. The quantitative estimate of drug-likeness (QED) is 0.725. The molecule has 88 valence electrons. The van der Waals surface area contributed by atoms with Crippen molar-refractivity contribution in [1.29, 1.82) is 0 Å². The van der Waals surface area contributed by atoms with Gasteiger partial charge < -0.3 is 10.8 Å². The summed E-state index contributed by atoms with van der Waals surface area (Å²) < 4.78 is 0. The highest BCUT2D eigenvalue weighted by Crippen LogP contribution is 2.20. The minimum atomic E-state index is -0.711. The second-order valence-electron chi connectivity index (χ2n) is 4.61. The van der Waals surface area contributed by atoms with Crippen molar-refractivity contribution in [2.24, 2.45) is 17.6 Å². The molecule has 0 spiro atoms. The van der Waals surface area contributed by atoms with E-state index in [-0.39, 0.29) is 12.0 Å². The number of hydrogen-bond acceptors (Lipinski definition) is 3. The van der Waals surface area contributed by atoms with Crippen LogP contribution in [0.2, 0.25) is 0 Å². The Balaban J connectivity index is 2.51. The predicted molar refractivity (Wildman–Crippen MR) is 59.6 cm³/mol. The van der Waals surface area contributed by atoms with E-state index in [1.54, 1.807) is 6.92 Å². The maximum Gasteiger partial charge on any atom is 0.307 e. The van der Waals surface area contributed by atoms with Crippen LogP contribution in [0.15, 0.2) is 0 Å². The van der Waals surface area contributed by atoms with Crippen molar-refractivity contribution >= 4 is 5.97 Å². The van der Waals surface area contributed by atoms with Gasteiger partial charge in [0.2, 0.25) is 0 Å². The minimum Gasteiger partial charge on any atom is -0.481 e. The van der Waals surface area contributed by atoms with E-state index in [1.807, 2.05) is 6.92 Å². The van der Waals surface area contributed by atoms with Crippen molar-refractivity contribution in [1.82, 2.24) is 4.90 Å². The molecule has 15 heavy (non-hydrogen) atoms. The Kier molecular flexibility index (Phi) is 4.54. The lowest BCUT2D eigenvalue weighted by Crippen LogP contribution is -2.47. The molecule has 0 bridgehead atoms. The summed E-state index contributed by atoms with van der Waals surface area (Å²) in [6.07, 6.45) is 2.32. The van der Waals surface area contributed by atoms with E-state index >= 15 is 0 Å². The van der Waals surface area contributed by atoms with Crippen LogP contribution in [-0.2, 0) is 4.79 Å². The van der Waals surface area contributed by atoms with Crippen LogP contribution < -0.4 is 5.73 Å². The zero-order valence-electron chi connectivity index (χ0n) is 9.65. The van der Waals surface area contributed by atoms with Gasteiger partial charge in [0.1, 0.15) is 0 Å². The zero-order chi connectivity index (χ0) is 11.4. The average molecular weight is 214 g/mol. The van der Waals surface area contributed by atoms with E-state index in [1.165, 1.54) is 6.42 Å². The highest BCUT2D eigenvalue weighted by molar-refractivity contribution is 5.70. The van der Waals surface area contributed by atoms with Crippen molar-refractivity contribution in [2.45, 2.75) is 32.7 Å². The molecular formula is C11H22N2O2. The Labute approximate surface area is 91.4 Å². The fourth-order valence-electron chi connectivity index (χ4n) is 2.18. The van der Waals surface area contributed by atoms with Crippen LogP contribution in [0.4, 0.5) is 0 Å². The molecule has 3 unspecified atom stereocenters. The van der Waals surface area contributed by atoms with E-state index in [0.29, 0.717) is 12.5 Å². The molecular weight excluding hydrogens is 192 g/mol. The van der Waals surface area contributed by atoms with Gasteiger partial charge in [-0.25, -0.2) is 0 Å². The number of carboxylic acid groups (broad SMARTS) is 1. The van der Waals surface area contributed by atoms with Gasteiger partial charge in [-0.05, 0) is 38.8 Å². The Morgan fingerprint density at radius 1 is 1.60 bits per heavy atom. The van der Waals surface area contributed by atoms with Crippen molar-refractivity contribution in [3.05, 3.63) is 0 Å². The zero-order valence-corrected chi connectivity index (χ0v) is 9.65. The van der Waals surface area contributed by atoms with Gasteiger partial charge in [0, 0.05) is 12.6 Å². The third-order valence-corrected chi connectivity index (χ3v) is 3.57. The van der Waals surface area contributed by atoms with Gasteiger partial charge >= 0.3 is 5.97 Å². The van der Waals surface area contributed by atoms with Crippen molar-refractivity contribution in [3.63, 3.8) is 0 Å². The maximum absolute atomic E-state index is 10.9. The molecule has 4 nitrogen and oxygen atoms in total. The smallest absolute Gasteiger partial charge is 0.307 e. The van der Waals surface area contributed by atoms with Crippen LogP contribution in [0.5, 0.6) is 0 Å². The molecule has 0 aromatic carbocycles.